The van der Waals surface area contributed by atoms with E-state index >= 15 is 0 Å². The number of para-hydroxylation sites is 1. The molecular weight excluding hydrogens is 424 g/mol. The Morgan fingerprint density at radius 3 is 1.48 bits per heavy atom. The molecule has 0 atom stereocenters. The third-order valence-corrected chi connectivity index (χ3v) is 5.93. The molecule has 31 heavy (non-hydrogen) atoms. The number of rotatable bonds is 9. The van der Waals surface area contributed by atoms with Crippen LogP contribution in [0.4, 0.5) is 0 Å². The van der Waals surface area contributed by atoms with Gasteiger partial charge in [-0.05, 0) is 24.3 Å². The maximum Gasteiger partial charge on any atom is 0.169 e. The molecule has 154 valence electrons. The van der Waals surface area contributed by atoms with Crippen LogP contribution in [-0.2, 0) is 22.2 Å². The Labute approximate surface area is 185 Å². The summed E-state index contributed by atoms with van der Waals surface area (Å²) in [7, 11) is 0.336. The SMILES string of the molecule is O=PCC[n+]1ccc(-c2ccc(-c3cc[n+](CCP=O)cc3)n2-c2ccccc2)cc1. The first-order chi connectivity index (χ1) is 15.3. The topological polar surface area (TPSA) is 46.8 Å². The van der Waals surface area contributed by atoms with Gasteiger partial charge in [0.2, 0.25) is 0 Å². The van der Waals surface area contributed by atoms with E-state index in [0.717, 1.165) is 41.3 Å². The fourth-order valence-corrected chi connectivity index (χ4v) is 4.23. The molecule has 0 aliphatic carbocycles. The van der Waals surface area contributed by atoms with E-state index in [1.54, 1.807) is 0 Å². The molecule has 3 heterocycles. The number of pyridine rings is 2. The van der Waals surface area contributed by atoms with Gasteiger partial charge in [0.1, 0.15) is 0 Å². The number of nitrogens with zero attached hydrogens (tertiary/aromatic N) is 3. The zero-order valence-electron chi connectivity index (χ0n) is 17.0. The normalized spacial score (nSPS) is 11.2. The van der Waals surface area contributed by atoms with Gasteiger partial charge >= 0.3 is 0 Å². The molecule has 0 bridgehead atoms. The highest BCUT2D eigenvalue weighted by molar-refractivity contribution is 7.23. The lowest BCUT2D eigenvalue weighted by Crippen LogP contribution is -2.33. The third-order valence-electron chi connectivity index (χ3n) is 5.17. The average Bonchev–Trinajstić information content (AvgIpc) is 3.28. The molecule has 4 aromatic rings. The van der Waals surface area contributed by atoms with E-state index in [9.17, 15) is 9.13 Å². The van der Waals surface area contributed by atoms with E-state index in [4.69, 9.17) is 0 Å². The molecule has 5 nitrogen and oxygen atoms in total. The Morgan fingerprint density at radius 1 is 0.613 bits per heavy atom. The van der Waals surface area contributed by atoms with Crippen molar-refractivity contribution in [3.8, 4) is 28.2 Å². The van der Waals surface area contributed by atoms with Crippen molar-refractivity contribution >= 4 is 16.9 Å². The van der Waals surface area contributed by atoms with Gasteiger partial charge in [-0.1, -0.05) is 18.2 Å². The molecule has 0 spiro atoms. The summed E-state index contributed by atoms with van der Waals surface area (Å²) in [4.78, 5) is 0. The maximum absolute atomic E-state index is 10.7. The summed E-state index contributed by atoms with van der Waals surface area (Å²) in [5.74, 6) is 0. The zero-order chi connectivity index (χ0) is 21.5. The fourth-order valence-electron chi connectivity index (χ4n) is 3.61. The standard InChI is InChI=1S/C24H23N3O2P2/c28-30-18-16-25-12-8-20(9-13-25)23-6-7-24(27(23)22-4-2-1-3-5-22)21-10-14-26(15-11-21)17-19-31-29/h1-15H,16-19H2/q+2. The highest BCUT2D eigenvalue weighted by Gasteiger charge is 2.15. The Morgan fingerprint density at radius 2 is 1.06 bits per heavy atom. The molecule has 0 aliphatic rings. The third kappa shape index (κ3) is 5.02. The van der Waals surface area contributed by atoms with Crippen LogP contribution < -0.4 is 9.13 Å². The predicted molar refractivity (Wildman–Crippen MR) is 122 cm³/mol. The molecule has 0 aliphatic heterocycles. The van der Waals surface area contributed by atoms with Crippen LogP contribution in [0.2, 0.25) is 0 Å². The molecule has 3 aromatic heterocycles. The number of hydrogen-bond acceptors (Lipinski definition) is 2. The molecule has 0 unspecified atom stereocenters. The van der Waals surface area contributed by atoms with E-state index < -0.39 is 0 Å². The minimum absolute atomic E-state index is 0.168. The highest BCUT2D eigenvalue weighted by atomic mass is 31.1. The molecule has 0 N–H and O–H groups in total. The van der Waals surface area contributed by atoms with Gasteiger partial charge in [-0.2, -0.15) is 0 Å². The molecule has 0 radical (unpaired) electrons. The van der Waals surface area contributed by atoms with E-state index in [1.165, 1.54) is 0 Å². The van der Waals surface area contributed by atoms with Gasteiger partial charge in [0, 0.05) is 41.1 Å². The quantitative estimate of drug-likeness (QED) is 0.269. The van der Waals surface area contributed by atoms with Gasteiger partial charge in [-0.25, -0.2) is 9.13 Å². The smallest absolute Gasteiger partial charge is 0.169 e. The van der Waals surface area contributed by atoms with Crippen molar-refractivity contribution in [3.63, 3.8) is 0 Å². The van der Waals surface area contributed by atoms with Crippen molar-refractivity contribution in [2.75, 3.05) is 12.3 Å². The van der Waals surface area contributed by atoms with Crippen molar-refractivity contribution in [1.29, 1.82) is 0 Å². The van der Waals surface area contributed by atoms with Crippen LogP contribution in [-0.4, -0.2) is 16.9 Å². The van der Waals surface area contributed by atoms with E-state index in [1.807, 2.05) is 52.1 Å². The van der Waals surface area contributed by atoms with Crippen molar-refractivity contribution in [1.82, 2.24) is 4.57 Å². The minimum Gasteiger partial charge on any atom is -0.309 e. The first kappa shape index (κ1) is 21.2. The van der Waals surface area contributed by atoms with Gasteiger partial charge in [-0.3, -0.25) is 9.13 Å². The van der Waals surface area contributed by atoms with Crippen molar-refractivity contribution in [2.24, 2.45) is 0 Å². The minimum atomic E-state index is 0.168. The van der Waals surface area contributed by atoms with Crippen LogP contribution >= 0.6 is 16.9 Å². The van der Waals surface area contributed by atoms with Crippen molar-refractivity contribution < 1.29 is 18.3 Å². The summed E-state index contributed by atoms with van der Waals surface area (Å²) in [6.45, 7) is 1.46. The summed E-state index contributed by atoms with van der Waals surface area (Å²) >= 11 is 0. The molecule has 1 aromatic carbocycles. The van der Waals surface area contributed by atoms with E-state index in [2.05, 4.69) is 53.1 Å². The van der Waals surface area contributed by atoms with Gasteiger partial charge in [0.15, 0.2) is 54.8 Å². The first-order valence-electron chi connectivity index (χ1n) is 10.1. The van der Waals surface area contributed by atoms with Gasteiger partial charge in [0.05, 0.1) is 23.7 Å². The van der Waals surface area contributed by atoms with Gasteiger partial charge in [-0.15, -0.1) is 0 Å². The molecule has 7 heteroatoms. The van der Waals surface area contributed by atoms with Crippen LogP contribution in [0.25, 0.3) is 28.2 Å². The molecule has 0 fully saturated rings. The molecule has 0 saturated carbocycles. The number of hydrogen-bond donors (Lipinski definition) is 0. The summed E-state index contributed by atoms with van der Waals surface area (Å²) in [6, 6.07) is 23.0. The monoisotopic (exact) mass is 447 g/mol. The molecule has 4 rings (SSSR count). The predicted octanol–water partition coefficient (Wildman–Crippen LogP) is 4.97. The second kappa shape index (κ2) is 10.3. The van der Waals surface area contributed by atoms with E-state index in [0.29, 0.717) is 12.3 Å². The summed E-state index contributed by atoms with van der Waals surface area (Å²) in [5, 5.41) is 0. The maximum atomic E-state index is 10.7. The largest absolute Gasteiger partial charge is 0.309 e. The Bertz CT molecular complexity index is 1080. The van der Waals surface area contributed by atoms with Crippen LogP contribution in [0.1, 0.15) is 0 Å². The van der Waals surface area contributed by atoms with Crippen molar-refractivity contribution in [2.45, 2.75) is 13.1 Å². The molecule has 0 amide bonds. The van der Waals surface area contributed by atoms with Crippen molar-refractivity contribution in [3.05, 3.63) is 91.5 Å². The number of benzene rings is 1. The average molecular weight is 447 g/mol. The lowest BCUT2D eigenvalue weighted by atomic mass is 10.2. The Hall–Kier alpha value is -3.00. The Kier molecular flexibility index (Phi) is 7.09. The van der Waals surface area contributed by atoms with Crippen LogP contribution in [0.5, 0.6) is 0 Å². The second-order valence-corrected chi connectivity index (χ2v) is 8.54. The highest BCUT2D eigenvalue weighted by Crippen LogP contribution is 2.31. The van der Waals surface area contributed by atoms with Crippen LogP contribution in [0.15, 0.2) is 91.5 Å². The summed E-state index contributed by atoms with van der Waals surface area (Å²) in [6.07, 6.45) is 9.34. The lowest BCUT2D eigenvalue weighted by Gasteiger charge is -2.14. The second-order valence-electron chi connectivity index (χ2n) is 7.13. The number of aromatic nitrogens is 3. The first-order valence-corrected chi connectivity index (χ1v) is 12.1. The fraction of sp³-hybridized carbons (Fsp3) is 0.167. The van der Waals surface area contributed by atoms with Gasteiger partial charge in [0.25, 0.3) is 0 Å². The van der Waals surface area contributed by atoms with E-state index in [-0.39, 0.29) is 16.9 Å². The number of aryl methyl sites for hydroxylation is 2. The van der Waals surface area contributed by atoms with Gasteiger partial charge < -0.3 is 4.57 Å². The molecule has 0 saturated heterocycles. The summed E-state index contributed by atoms with van der Waals surface area (Å²) in [5.41, 5.74) is 5.55. The van der Waals surface area contributed by atoms with Crippen LogP contribution in [0.3, 0.4) is 0 Å². The molecular formula is C24H23N3O2P2+2. The summed E-state index contributed by atoms with van der Waals surface area (Å²) < 4.78 is 27.8. The zero-order valence-corrected chi connectivity index (χ0v) is 18.8. The van der Waals surface area contributed by atoms with Crippen LogP contribution in [0, 0.1) is 0 Å². The lowest BCUT2D eigenvalue weighted by molar-refractivity contribution is -0.692. The Balaban J connectivity index is 1.74.